The number of hydrogen-bond donors (Lipinski definition) is 2. The molecule has 0 spiro atoms. The lowest BCUT2D eigenvalue weighted by Crippen LogP contribution is -2.16. The molecule has 134 valence electrons. The van der Waals surface area contributed by atoms with E-state index in [4.69, 9.17) is 4.42 Å². The van der Waals surface area contributed by atoms with Crippen LogP contribution in [0.2, 0.25) is 0 Å². The van der Waals surface area contributed by atoms with E-state index < -0.39 is 0 Å². The summed E-state index contributed by atoms with van der Waals surface area (Å²) in [6, 6.07) is 13.1. The lowest BCUT2D eigenvalue weighted by molar-refractivity contribution is 0.102. The first-order valence-electron chi connectivity index (χ1n) is 8.43. The van der Waals surface area contributed by atoms with E-state index in [1.165, 1.54) is 5.56 Å². The third-order valence-corrected chi connectivity index (χ3v) is 3.90. The highest BCUT2D eigenvalue weighted by molar-refractivity contribution is 6.02. The van der Waals surface area contributed by atoms with Crippen LogP contribution >= 0.6 is 0 Å². The van der Waals surface area contributed by atoms with E-state index in [0.29, 0.717) is 18.2 Å². The Bertz CT molecular complexity index is 866. The Morgan fingerprint density at radius 3 is 2.54 bits per heavy atom. The Hall–Kier alpha value is -3.15. The Balaban J connectivity index is 1.65. The van der Waals surface area contributed by atoms with Gasteiger partial charge < -0.3 is 15.1 Å². The molecular weight excluding hydrogens is 328 g/mol. The van der Waals surface area contributed by atoms with Crippen molar-refractivity contribution in [2.75, 3.05) is 10.6 Å². The second-order valence-corrected chi connectivity index (χ2v) is 6.98. The first-order valence-corrected chi connectivity index (χ1v) is 8.43. The van der Waals surface area contributed by atoms with Gasteiger partial charge in [-0.25, -0.2) is 9.97 Å². The fourth-order valence-corrected chi connectivity index (χ4v) is 2.40. The zero-order valence-corrected chi connectivity index (χ0v) is 15.1. The lowest BCUT2D eigenvalue weighted by Gasteiger charge is -2.19. The van der Waals surface area contributed by atoms with Gasteiger partial charge in [0, 0.05) is 11.9 Å². The molecule has 0 saturated heterocycles. The maximum Gasteiger partial charge on any atom is 0.274 e. The van der Waals surface area contributed by atoms with Gasteiger partial charge in [0.15, 0.2) is 0 Å². The van der Waals surface area contributed by atoms with Gasteiger partial charge in [0.1, 0.15) is 11.5 Å². The van der Waals surface area contributed by atoms with E-state index in [1.807, 2.05) is 36.4 Å². The molecule has 1 amide bonds. The molecular formula is C20H22N4O2. The molecule has 3 rings (SSSR count). The van der Waals surface area contributed by atoms with Crippen molar-refractivity contribution >= 4 is 17.5 Å². The van der Waals surface area contributed by atoms with Crippen LogP contribution < -0.4 is 10.6 Å². The molecule has 0 radical (unpaired) electrons. The smallest absolute Gasteiger partial charge is 0.274 e. The molecule has 2 heterocycles. The minimum atomic E-state index is -0.281. The summed E-state index contributed by atoms with van der Waals surface area (Å²) in [6.45, 7) is 6.91. The summed E-state index contributed by atoms with van der Waals surface area (Å²) in [4.78, 5) is 20.8. The van der Waals surface area contributed by atoms with Crippen LogP contribution in [0.3, 0.4) is 0 Å². The number of hydrogen-bond acceptors (Lipinski definition) is 5. The van der Waals surface area contributed by atoms with Gasteiger partial charge >= 0.3 is 0 Å². The minimum Gasteiger partial charge on any atom is -0.467 e. The summed E-state index contributed by atoms with van der Waals surface area (Å²) in [5.74, 6) is 0.858. The van der Waals surface area contributed by atoms with Crippen LogP contribution in [0.25, 0.3) is 0 Å². The van der Waals surface area contributed by atoms with Crippen LogP contribution in [0, 0.1) is 0 Å². The number of amides is 1. The summed E-state index contributed by atoms with van der Waals surface area (Å²) in [5, 5.41) is 5.89. The highest BCUT2D eigenvalue weighted by Crippen LogP contribution is 2.23. The van der Waals surface area contributed by atoms with Crippen molar-refractivity contribution in [3.8, 4) is 0 Å². The first kappa shape index (κ1) is 17.7. The summed E-state index contributed by atoms with van der Waals surface area (Å²) in [7, 11) is 0. The fourth-order valence-electron chi connectivity index (χ4n) is 2.40. The summed E-state index contributed by atoms with van der Waals surface area (Å²) < 4.78 is 5.25. The molecule has 0 aliphatic carbocycles. The van der Waals surface area contributed by atoms with Crippen LogP contribution in [0.4, 0.5) is 11.6 Å². The third-order valence-electron chi connectivity index (χ3n) is 3.90. The normalized spacial score (nSPS) is 11.2. The highest BCUT2D eigenvalue weighted by atomic mass is 16.3. The van der Waals surface area contributed by atoms with Gasteiger partial charge in [0.2, 0.25) is 5.95 Å². The summed E-state index contributed by atoms with van der Waals surface area (Å²) >= 11 is 0. The Kier molecular flexibility index (Phi) is 5.02. The largest absolute Gasteiger partial charge is 0.467 e. The maximum absolute atomic E-state index is 12.4. The monoisotopic (exact) mass is 350 g/mol. The van der Waals surface area contributed by atoms with E-state index in [2.05, 4.69) is 41.4 Å². The number of carbonyl (C=O) groups excluding carboxylic acids is 1. The summed E-state index contributed by atoms with van der Waals surface area (Å²) in [6.07, 6.45) is 3.15. The standard InChI is InChI=1S/C20H22N4O2/c1-20(2,3)14-6-8-15(9-7-14)23-18(25)17-10-11-21-19(24-17)22-13-16-5-4-12-26-16/h4-12H,13H2,1-3H3,(H,23,25)(H,21,22,24). The van der Waals surface area contributed by atoms with E-state index in [9.17, 15) is 4.79 Å². The SMILES string of the molecule is CC(C)(C)c1ccc(NC(=O)c2ccnc(NCc3ccco3)n2)cc1. The van der Waals surface area contributed by atoms with Crippen LogP contribution in [-0.2, 0) is 12.0 Å². The van der Waals surface area contributed by atoms with E-state index in [-0.39, 0.29) is 11.3 Å². The van der Waals surface area contributed by atoms with Crippen molar-refractivity contribution in [1.82, 2.24) is 9.97 Å². The Labute approximate surface area is 152 Å². The fraction of sp³-hybridized carbons (Fsp3) is 0.250. The van der Waals surface area contributed by atoms with Gasteiger partial charge in [0.25, 0.3) is 5.91 Å². The van der Waals surface area contributed by atoms with Crippen LogP contribution in [0.15, 0.2) is 59.3 Å². The predicted molar refractivity (Wildman–Crippen MR) is 101 cm³/mol. The van der Waals surface area contributed by atoms with Gasteiger partial charge in [-0.3, -0.25) is 4.79 Å². The zero-order valence-electron chi connectivity index (χ0n) is 15.1. The molecule has 2 aromatic heterocycles. The van der Waals surface area contributed by atoms with Crippen LogP contribution in [-0.4, -0.2) is 15.9 Å². The highest BCUT2D eigenvalue weighted by Gasteiger charge is 2.14. The van der Waals surface area contributed by atoms with Gasteiger partial charge in [-0.1, -0.05) is 32.9 Å². The predicted octanol–water partition coefficient (Wildman–Crippen LogP) is 4.23. The molecule has 0 saturated carbocycles. The molecule has 0 unspecified atom stereocenters. The minimum absolute atomic E-state index is 0.0732. The average Bonchev–Trinajstić information content (AvgIpc) is 3.13. The van der Waals surface area contributed by atoms with E-state index in [0.717, 1.165) is 11.4 Å². The molecule has 0 atom stereocenters. The lowest BCUT2D eigenvalue weighted by atomic mass is 9.87. The van der Waals surface area contributed by atoms with Crippen molar-refractivity contribution in [3.05, 3.63) is 71.9 Å². The number of nitrogens with one attached hydrogen (secondary N) is 2. The van der Waals surface area contributed by atoms with Gasteiger partial charge in [-0.15, -0.1) is 0 Å². The molecule has 1 aromatic carbocycles. The topological polar surface area (TPSA) is 80.0 Å². The quantitative estimate of drug-likeness (QED) is 0.720. The number of anilines is 2. The average molecular weight is 350 g/mol. The van der Waals surface area contributed by atoms with Crippen LogP contribution in [0.1, 0.15) is 42.6 Å². The zero-order chi connectivity index (χ0) is 18.6. The molecule has 26 heavy (non-hydrogen) atoms. The molecule has 0 aliphatic heterocycles. The van der Waals surface area contributed by atoms with E-state index in [1.54, 1.807) is 18.5 Å². The first-order chi connectivity index (χ1) is 12.4. The second-order valence-electron chi connectivity index (χ2n) is 6.98. The van der Waals surface area contributed by atoms with Crippen molar-refractivity contribution in [2.24, 2.45) is 0 Å². The van der Waals surface area contributed by atoms with Gasteiger partial charge in [-0.05, 0) is 41.3 Å². The molecule has 6 nitrogen and oxygen atoms in total. The van der Waals surface area contributed by atoms with Crippen molar-refractivity contribution in [3.63, 3.8) is 0 Å². The molecule has 0 bridgehead atoms. The Morgan fingerprint density at radius 1 is 1.12 bits per heavy atom. The summed E-state index contributed by atoms with van der Waals surface area (Å²) in [5.41, 5.74) is 2.31. The number of benzene rings is 1. The van der Waals surface area contributed by atoms with Crippen molar-refractivity contribution < 1.29 is 9.21 Å². The molecule has 2 N–H and O–H groups in total. The Morgan fingerprint density at radius 2 is 1.88 bits per heavy atom. The number of nitrogens with zero attached hydrogens (tertiary/aromatic N) is 2. The van der Waals surface area contributed by atoms with Crippen molar-refractivity contribution in [2.45, 2.75) is 32.7 Å². The van der Waals surface area contributed by atoms with Gasteiger partial charge in [-0.2, -0.15) is 0 Å². The maximum atomic E-state index is 12.4. The van der Waals surface area contributed by atoms with E-state index >= 15 is 0 Å². The number of furan rings is 1. The third kappa shape index (κ3) is 4.47. The molecule has 0 fully saturated rings. The van der Waals surface area contributed by atoms with Gasteiger partial charge in [0.05, 0.1) is 12.8 Å². The number of carbonyl (C=O) groups is 1. The molecule has 0 aliphatic rings. The number of rotatable bonds is 5. The number of aromatic nitrogens is 2. The van der Waals surface area contributed by atoms with Crippen molar-refractivity contribution in [1.29, 1.82) is 0 Å². The second kappa shape index (κ2) is 7.39. The van der Waals surface area contributed by atoms with Crippen LogP contribution in [0.5, 0.6) is 0 Å². The molecule has 6 heteroatoms. The molecule has 3 aromatic rings.